The number of hydrogen-bond donors (Lipinski definition) is 1. The number of para-hydroxylation sites is 1. The first kappa shape index (κ1) is 14.2. The summed E-state index contributed by atoms with van der Waals surface area (Å²) >= 11 is 0. The third kappa shape index (κ3) is 3.29. The van der Waals surface area contributed by atoms with E-state index in [1.807, 2.05) is 6.07 Å². The molecule has 112 valence electrons. The van der Waals surface area contributed by atoms with Crippen molar-refractivity contribution >= 4 is 16.7 Å². The van der Waals surface area contributed by atoms with Gasteiger partial charge in [-0.25, -0.2) is 14.4 Å². The van der Waals surface area contributed by atoms with Crippen LogP contribution in [-0.4, -0.2) is 41.0 Å². The van der Waals surface area contributed by atoms with Crippen LogP contribution < -0.4 is 5.32 Å². The van der Waals surface area contributed by atoms with Gasteiger partial charge in [0.2, 0.25) is 0 Å². The Bertz CT molecular complexity index is 616. The minimum absolute atomic E-state index is 0.303. The molecule has 1 aromatic heterocycles. The molecule has 0 spiro atoms. The molecule has 1 unspecified atom stereocenters. The third-order valence-electron chi connectivity index (χ3n) is 4.08. The molecule has 1 aliphatic rings. The summed E-state index contributed by atoms with van der Waals surface area (Å²) in [7, 11) is 0. The Kier molecular flexibility index (Phi) is 4.29. The van der Waals surface area contributed by atoms with Crippen molar-refractivity contribution in [2.24, 2.45) is 5.92 Å². The van der Waals surface area contributed by atoms with Crippen molar-refractivity contribution in [3.05, 3.63) is 30.3 Å². The summed E-state index contributed by atoms with van der Waals surface area (Å²) < 4.78 is 13.7. The van der Waals surface area contributed by atoms with Gasteiger partial charge < -0.3 is 10.2 Å². The van der Waals surface area contributed by atoms with E-state index in [1.165, 1.54) is 38.3 Å². The maximum absolute atomic E-state index is 13.7. The molecule has 0 radical (unpaired) electrons. The molecule has 1 fully saturated rings. The van der Waals surface area contributed by atoms with Crippen molar-refractivity contribution in [1.29, 1.82) is 0 Å². The highest BCUT2D eigenvalue weighted by Gasteiger charge is 2.15. The number of piperidine rings is 1. The molecule has 0 aliphatic carbocycles. The number of hydrogen-bond acceptors (Lipinski definition) is 4. The number of fused-ring (bicyclic) bond motifs is 1. The maximum atomic E-state index is 13.7. The van der Waals surface area contributed by atoms with Crippen molar-refractivity contribution < 1.29 is 4.39 Å². The lowest BCUT2D eigenvalue weighted by Crippen LogP contribution is -2.37. The van der Waals surface area contributed by atoms with Gasteiger partial charge in [0, 0.05) is 25.0 Å². The topological polar surface area (TPSA) is 41.0 Å². The van der Waals surface area contributed by atoms with Gasteiger partial charge in [-0.1, -0.05) is 13.0 Å². The molecule has 1 saturated heterocycles. The zero-order valence-electron chi connectivity index (χ0n) is 12.3. The largest absolute Gasteiger partial charge is 0.368 e. The van der Waals surface area contributed by atoms with E-state index in [1.54, 1.807) is 6.07 Å². The SMILES string of the molecule is CC1CCCN(CCNc2ncnc3c(F)cccc23)C1. The second kappa shape index (κ2) is 6.35. The van der Waals surface area contributed by atoms with E-state index in [0.29, 0.717) is 11.3 Å². The van der Waals surface area contributed by atoms with Crippen LogP contribution in [0.15, 0.2) is 24.5 Å². The van der Waals surface area contributed by atoms with Gasteiger partial charge in [-0.05, 0) is 37.4 Å². The molecule has 0 bridgehead atoms. The average molecular weight is 288 g/mol. The van der Waals surface area contributed by atoms with Gasteiger partial charge in [-0.15, -0.1) is 0 Å². The quantitative estimate of drug-likeness (QED) is 0.939. The number of rotatable bonds is 4. The number of benzene rings is 1. The molecule has 1 atom stereocenters. The van der Waals surface area contributed by atoms with E-state index < -0.39 is 0 Å². The summed E-state index contributed by atoms with van der Waals surface area (Å²) in [6, 6.07) is 4.97. The maximum Gasteiger partial charge on any atom is 0.149 e. The highest BCUT2D eigenvalue weighted by atomic mass is 19.1. The van der Waals surface area contributed by atoms with Crippen LogP contribution >= 0.6 is 0 Å². The number of aromatic nitrogens is 2. The van der Waals surface area contributed by atoms with Crippen molar-refractivity contribution in [1.82, 2.24) is 14.9 Å². The van der Waals surface area contributed by atoms with Gasteiger partial charge in [0.25, 0.3) is 0 Å². The molecular weight excluding hydrogens is 267 g/mol. The third-order valence-corrected chi connectivity index (χ3v) is 4.08. The van der Waals surface area contributed by atoms with Gasteiger partial charge >= 0.3 is 0 Å². The first-order chi connectivity index (χ1) is 10.2. The van der Waals surface area contributed by atoms with Gasteiger partial charge in [0.15, 0.2) is 0 Å². The van der Waals surface area contributed by atoms with Crippen molar-refractivity contribution in [2.75, 3.05) is 31.5 Å². The first-order valence-electron chi connectivity index (χ1n) is 7.59. The average Bonchev–Trinajstić information content (AvgIpc) is 2.48. The number of likely N-dealkylation sites (tertiary alicyclic amines) is 1. The Balaban J connectivity index is 1.64. The molecule has 0 saturated carbocycles. The van der Waals surface area contributed by atoms with Crippen LogP contribution in [0, 0.1) is 11.7 Å². The van der Waals surface area contributed by atoms with Crippen LogP contribution in [-0.2, 0) is 0 Å². The smallest absolute Gasteiger partial charge is 0.149 e. The van der Waals surface area contributed by atoms with Crippen molar-refractivity contribution in [3.63, 3.8) is 0 Å². The second-order valence-electron chi connectivity index (χ2n) is 5.83. The highest BCUT2D eigenvalue weighted by Crippen LogP contribution is 2.21. The molecule has 1 aliphatic heterocycles. The first-order valence-corrected chi connectivity index (χ1v) is 7.59. The lowest BCUT2D eigenvalue weighted by Gasteiger charge is -2.30. The van der Waals surface area contributed by atoms with Crippen LogP contribution in [0.3, 0.4) is 0 Å². The minimum Gasteiger partial charge on any atom is -0.368 e. The number of halogens is 1. The Morgan fingerprint density at radius 1 is 1.38 bits per heavy atom. The van der Waals surface area contributed by atoms with E-state index in [2.05, 4.69) is 27.1 Å². The summed E-state index contributed by atoms with van der Waals surface area (Å²) in [5.41, 5.74) is 0.376. The molecule has 3 rings (SSSR count). The molecule has 1 N–H and O–H groups in total. The molecule has 2 heterocycles. The monoisotopic (exact) mass is 288 g/mol. The Hall–Kier alpha value is -1.75. The predicted molar refractivity (Wildman–Crippen MR) is 82.8 cm³/mol. The van der Waals surface area contributed by atoms with E-state index in [-0.39, 0.29) is 5.82 Å². The van der Waals surface area contributed by atoms with Crippen LogP contribution in [0.1, 0.15) is 19.8 Å². The van der Waals surface area contributed by atoms with E-state index >= 15 is 0 Å². The van der Waals surface area contributed by atoms with Crippen molar-refractivity contribution in [3.8, 4) is 0 Å². The second-order valence-corrected chi connectivity index (χ2v) is 5.83. The zero-order chi connectivity index (χ0) is 14.7. The van der Waals surface area contributed by atoms with Crippen LogP contribution in [0.5, 0.6) is 0 Å². The molecular formula is C16H21FN4. The summed E-state index contributed by atoms with van der Waals surface area (Å²) in [6.07, 6.45) is 4.03. The zero-order valence-corrected chi connectivity index (χ0v) is 12.3. The molecule has 1 aromatic carbocycles. The Morgan fingerprint density at radius 2 is 2.29 bits per heavy atom. The Labute approximate surface area is 124 Å². The van der Waals surface area contributed by atoms with Gasteiger partial charge in [-0.3, -0.25) is 0 Å². The summed E-state index contributed by atoms with van der Waals surface area (Å²) in [4.78, 5) is 10.7. The fourth-order valence-electron chi connectivity index (χ4n) is 3.01. The minimum atomic E-state index is -0.303. The Morgan fingerprint density at radius 3 is 3.14 bits per heavy atom. The van der Waals surface area contributed by atoms with Gasteiger partial charge in [0.1, 0.15) is 23.5 Å². The fourth-order valence-corrected chi connectivity index (χ4v) is 3.01. The lowest BCUT2D eigenvalue weighted by molar-refractivity contribution is 0.190. The molecule has 21 heavy (non-hydrogen) atoms. The fraction of sp³-hybridized carbons (Fsp3) is 0.500. The number of anilines is 1. The molecule has 0 amide bonds. The van der Waals surface area contributed by atoms with Crippen LogP contribution in [0.2, 0.25) is 0 Å². The number of nitrogens with one attached hydrogen (secondary N) is 1. The summed E-state index contributed by atoms with van der Waals surface area (Å²) in [5.74, 6) is 1.19. The number of nitrogens with zero attached hydrogens (tertiary/aromatic N) is 3. The van der Waals surface area contributed by atoms with E-state index in [0.717, 1.165) is 24.4 Å². The summed E-state index contributed by atoms with van der Waals surface area (Å²) in [5, 5.41) is 4.06. The normalized spacial score (nSPS) is 19.8. The van der Waals surface area contributed by atoms with E-state index in [4.69, 9.17) is 0 Å². The van der Waals surface area contributed by atoms with Crippen LogP contribution in [0.4, 0.5) is 10.2 Å². The van der Waals surface area contributed by atoms with Gasteiger partial charge in [0.05, 0.1) is 0 Å². The molecule has 5 heteroatoms. The van der Waals surface area contributed by atoms with Gasteiger partial charge in [-0.2, -0.15) is 0 Å². The predicted octanol–water partition coefficient (Wildman–Crippen LogP) is 2.91. The highest BCUT2D eigenvalue weighted by molar-refractivity contribution is 5.89. The van der Waals surface area contributed by atoms with Crippen molar-refractivity contribution in [2.45, 2.75) is 19.8 Å². The summed E-state index contributed by atoms with van der Waals surface area (Å²) in [6.45, 7) is 6.45. The standard InChI is InChI=1S/C16H21FN4/c1-12-4-3-8-21(10-12)9-7-18-16-13-5-2-6-14(17)15(13)19-11-20-16/h2,5-6,11-12H,3-4,7-10H2,1H3,(H,18,19,20). The molecule has 4 nitrogen and oxygen atoms in total. The lowest BCUT2D eigenvalue weighted by atomic mass is 10.0. The van der Waals surface area contributed by atoms with E-state index in [9.17, 15) is 4.39 Å². The molecule has 2 aromatic rings. The van der Waals surface area contributed by atoms with Crippen LogP contribution in [0.25, 0.3) is 10.9 Å².